The molecule has 21 heavy (non-hydrogen) atoms. The minimum absolute atomic E-state index is 0.334. The minimum Gasteiger partial charge on any atom is -0.379 e. The van der Waals surface area contributed by atoms with Crippen molar-refractivity contribution in [1.82, 2.24) is 14.8 Å². The molecule has 1 fully saturated rings. The van der Waals surface area contributed by atoms with Crippen LogP contribution in [0.5, 0.6) is 0 Å². The minimum atomic E-state index is 0.334. The normalized spacial score (nSPS) is 22.4. The Labute approximate surface area is 125 Å². The summed E-state index contributed by atoms with van der Waals surface area (Å²) in [5.41, 5.74) is 1.02. The summed E-state index contributed by atoms with van der Waals surface area (Å²) >= 11 is 0. The average molecular weight is 286 g/mol. The van der Waals surface area contributed by atoms with Crippen molar-refractivity contribution in [2.45, 2.75) is 38.8 Å². The summed E-state index contributed by atoms with van der Waals surface area (Å²) in [6.45, 7) is 5.25. The van der Waals surface area contributed by atoms with E-state index in [0.717, 1.165) is 31.0 Å². The number of pyridine rings is 1. The first-order valence-corrected chi connectivity index (χ1v) is 7.57. The van der Waals surface area contributed by atoms with Crippen LogP contribution < -0.4 is 5.32 Å². The van der Waals surface area contributed by atoms with Crippen molar-refractivity contribution in [3.8, 4) is 5.82 Å². The molecule has 0 radical (unpaired) electrons. The first kappa shape index (κ1) is 14.1. The molecule has 0 saturated carbocycles. The molecule has 5 nitrogen and oxygen atoms in total. The van der Waals surface area contributed by atoms with Gasteiger partial charge in [-0.2, -0.15) is 5.10 Å². The standard InChI is InChI=1S/C16H22N4O/c1-12(2)15-11-13(6-10-21-15)19-14-5-3-7-17-16(14)20-9-4-8-18-20/h3-5,7-9,12-13,15,19H,6,10-11H2,1-2H3. The molecular weight excluding hydrogens is 264 g/mol. The first-order valence-electron chi connectivity index (χ1n) is 7.57. The third-order valence-corrected chi connectivity index (χ3v) is 3.93. The van der Waals surface area contributed by atoms with Gasteiger partial charge < -0.3 is 10.1 Å². The second-order valence-electron chi connectivity index (χ2n) is 5.84. The lowest BCUT2D eigenvalue weighted by atomic mass is 9.95. The molecule has 112 valence electrons. The van der Waals surface area contributed by atoms with E-state index in [1.165, 1.54) is 0 Å². The molecule has 0 aromatic carbocycles. The van der Waals surface area contributed by atoms with Crippen LogP contribution in [0.25, 0.3) is 5.82 Å². The summed E-state index contributed by atoms with van der Waals surface area (Å²) in [6, 6.07) is 6.34. The van der Waals surface area contributed by atoms with Gasteiger partial charge in [0.15, 0.2) is 5.82 Å². The van der Waals surface area contributed by atoms with E-state index in [-0.39, 0.29) is 0 Å². The highest BCUT2D eigenvalue weighted by Crippen LogP contribution is 2.25. The molecule has 0 spiro atoms. The van der Waals surface area contributed by atoms with Crippen molar-refractivity contribution in [2.75, 3.05) is 11.9 Å². The third-order valence-electron chi connectivity index (χ3n) is 3.93. The molecule has 3 heterocycles. The highest BCUT2D eigenvalue weighted by atomic mass is 16.5. The highest BCUT2D eigenvalue weighted by molar-refractivity contribution is 5.56. The number of rotatable bonds is 4. The van der Waals surface area contributed by atoms with Gasteiger partial charge in [0.05, 0.1) is 11.8 Å². The summed E-state index contributed by atoms with van der Waals surface area (Å²) in [6.07, 6.45) is 7.86. The van der Waals surface area contributed by atoms with Crippen LogP contribution in [-0.2, 0) is 4.74 Å². The van der Waals surface area contributed by atoms with Crippen LogP contribution in [0, 0.1) is 5.92 Å². The van der Waals surface area contributed by atoms with Crippen LogP contribution in [0.2, 0.25) is 0 Å². The SMILES string of the molecule is CC(C)C1CC(Nc2cccnc2-n2cccn2)CCO1. The van der Waals surface area contributed by atoms with Crippen molar-refractivity contribution >= 4 is 5.69 Å². The largest absolute Gasteiger partial charge is 0.379 e. The van der Waals surface area contributed by atoms with E-state index in [0.29, 0.717) is 18.1 Å². The zero-order valence-corrected chi connectivity index (χ0v) is 12.6. The van der Waals surface area contributed by atoms with Gasteiger partial charge in [0.1, 0.15) is 0 Å². The first-order chi connectivity index (χ1) is 10.2. The molecule has 0 bridgehead atoms. The van der Waals surface area contributed by atoms with Crippen LogP contribution in [0.1, 0.15) is 26.7 Å². The van der Waals surface area contributed by atoms with Gasteiger partial charge >= 0.3 is 0 Å². The van der Waals surface area contributed by atoms with E-state index in [1.807, 2.05) is 18.3 Å². The van der Waals surface area contributed by atoms with Crippen LogP contribution in [-0.4, -0.2) is 33.5 Å². The Morgan fingerprint density at radius 3 is 3.00 bits per heavy atom. The fourth-order valence-corrected chi connectivity index (χ4v) is 2.73. The number of anilines is 1. The molecule has 2 atom stereocenters. The molecule has 1 N–H and O–H groups in total. The van der Waals surface area contributed by atoms with Crippen LogP contribution in [0.15, 0.2) is 36.8 Å². The monoisotopic (exact) mass is 286 g/mol. The Bertz CT molecular complexity index is 567. The highest BCUT2D eigenvalue weighted by Gasteiger charge is 2.25. The van der Waals surface area contributed by atoms with Crippen molar-refractivity contribution in [2.24, 2.45) is 5.92 Å². The van der Waals surface area contributed by atoms with Gasteiger partial charge in [-0.25, -0.2) is 9.67 Å². The Balaban J connectivity index is 1.76. The molecule has 1 saturated heterocycles. The predicted octanol–water partition coefficient (Wildman–Crippen LogP) is 2.88. The lowest BCUT2D eigenvalue weighted by Gasteiger charge is -2.33. The second kappa shape index (κ2) is 6.26. The maximum absolute atomic E-state index is 5.84. The lowest BCUT2D eigenvalue weighted by molar-refractivity contribution is -0.0160. The van der Waals surface area contributed by atoms with Crippen LogP contribution in [0.4, 0.5) is 5.69 Å². The summed E-state index contributed by atoms with van der Waals surface area (Å²) in [4.78, 5) is 4.45. The zero-order chi connectivity index (χ0) is 14.7. The molecule has 2 aromatic heterocycles. The number of aromatic nitrogens is 3. The maximum atomic E-state index is 5.84. The smallest absolute Gasteiger partial charge is 0.176 e. The Morgan fingerprint density at radius 1 is 1.33 bits per heavy atom. The molecular formula is C16H22N4O. The van der Waals surface area contributed by atoms with Crippen LogP contribution >= 0.6 is 0 Å². The predicted molar refractivity (Wildman–Crippen MR) is 82.6 cm³/mol. The van der Waals surface area contributed by atoms with E-state index >= 15 is 0 Å². The van der Waals surface area contributed by atoms with E-state index in [9.17, 15) is 0 Å². The van der Waals surface area contributed by atoms with Crippen molar-refractivity contribution in [1.29, 1.82) is 0 Å². The molecule has 5 heteroatoms. The van der Waals surface area contributed by atoms with Gasteiger partial charge in [0, 0.05) is 31.2 Å². The molecule has 0 amide bonds. The topological polar surface area (TPSA) is 52.0 Å². The van der Waals surface area contributed by atoms with Gasteiger partial charge in [-0.1, -0.05) is 13.8 Å². The molecule has 1 aliphatic heterocycles. The van der Waals surface area contributed by atoms with E-state index in [4.69, 9.17) is 4.74 Å². The quantitative estimate of drug-likeness (QED) is 0.939. The number of nitrogens with zero attached hydrogens (tertiary/aromatic N) is 3. The van der Waals surface area contributed by atoms with Crippen LogP contribution in [0.3, 0.4) is 0 Å². The Morgan fingerprint density at radius 2 is 2.24 bits per heavy atom. The molecule has 3 rings (SSSR count). The third kappa shape index (κ3) is 3.24. The van der Waals surface area contributed by atoms with Crippen molar-refractivity contribution < 1.29 is 4.74 Å². The zero-order valence-electron chi connectivity index (χ0n) is 12.6. The van der Waals surface area contributed by atoms with Crippen molar-refractivity contribution in [3.63, 3.8) is 0 Å². The number of hydrogen-bond donors (Lipinski definition) is 1. The summed E-state index contributed by atoms with van der Waals surface area (Å²) in [7, 11) is 0. The van der Waals surface area contributed by atoms with Gasteiger partial charge in [-0.15, -0.1) is 0 Å². The fourth-order valence-electron chi connectivity index (χ4n) is 2.73. The number of ether oxygens (including phenoxy) is 1. The molecule has 1 aliphatic rings. The van der Waals surface area contributed by atoms with E-state index in [1.54, 1.807) is 17.1 Å². The molecule has 2 aromatic rings. The van der Waals surface area contributed by atoms with Gasteiger partial charge in [-0.3, -0.25) is 0 Å². The maximum Gasteiger partial charge on any atom is 0.176 e. The average Bonchev–Trinajstić information content (AvgIpc) is 3.02. The number of hydrogen-bond acceptors (Lipinski definition) is 4. The lowest BCUT2D eigenvalue weighted by Crippen LogP contribution is -2.36. The summed E-state index contributed by atoms with van der Waals surface area (Å²) in [5.74, 6) is 1.39. The Kier molecular flexibility index (Phi) is 4.20. The summed E-state index contributed by atoms with van der Waals surface area (Å²) in [5, 5.41) is 7.89. The summed E-state index contributed by atoms with van der Waals surface area (Å²) < 4.78 is 7.63. The molecule has 0 aliphatic carbocycles. The van der Waals surface area contributed by atoms with Crippen molar-refractivity contribution in [3.05, 3.63) is 36.8 Å². The second-order valence-corrected chi connectivity index (χ2v) is 5.84. The number of nitrogens with one attached hydrogen (secondary N) is 1. The van der Waals surface area contributed by atoms with E-state index < -0.39 is 0 Å². The van der Waals surface area contributed by atoms with Gasteiger partial charge in [0.2, 0.25) is 0 Å². The Hall–Kier alpha value is -1.88. The van der Waals surface area contributed by atoms with E-state index in [2.05, 4.69) is 35.3 Å². The van der Waals surface area contributed by atoms with Gasteiger partial charge in [0.25, 0.3) is 0 Å². The fraction of sp³-hybridized carbons (Fsp3) is 0.500. The van der Waals surface area contributed by atoms with Gasteiger partial charge in [-0.05, 0) is 37.0 Å². The molecule has 2 unspecified atom stereocenters.